The van der Waals surface area contributed by atoms with Gasteiger partial charge in [-0.3, -0.25) is 4.79 Å². The van der Waals surface area contributed by atoms with Crippen LogP contribution < -0.4 is 5.32 Å². The quantitative estimate of drug-likeness (QED) is 0.556. The first-order valence-corrected chi connectivity index (χ1v) is 6.01. The molecule has 2 aliphatic rings. The normalized spacial score (nSPS) is 36.0. The Morgan fingerprint density at radius 1 is 1.39 bits per heavy atom. The summed E-state index contributed by atoms with van der Waals surface area (Å²) in [6, 6.07) is -1.02. The maximum Gasteiger partial charge on any atom is 0.326 e. The Morgan fingerprint density at radius 2 is 2.11 bits per heavy atom. The molecule has 2 fully saturated rings. The fraction of sp³-hybridized carbons (Fsp3) is 0.818. The zero-order chi connectivity index (χ0) is 13.3. The SMILES string of the molecule is CNC1COCC1C(=O)N1C[C@H](O)C[C@@H]1C(=O)O. The lowest BCUT2D eigenvalue weighted by atomic mass is 10.0. The Balaban J connectivity index is 2.10. The minimum atomic E-state index is -1.07. The molecular formula is C11H18N2O5. The second-order valence-electron chi connectivity index (χ2n) is 4.77. The van der Waals surface area contributed by atoms with Gasteiger partial charge >= 0.3 is 5.97 Å². The molecule has 2 unspecified atom stereocenters. The van der Waals surface area contributed by atoms with E-state index in [2.05, 4.69) is 5.32 Å². The van der Waals surface area contributed by atoms with Crippen molar-refractivity contribution in [2.45, 2.75) is 24.6 Å². The van der Waals surface area contributed by atoms with Crippen molar-refractivity contribution in [3.63, 3.8) is 0 Å². The highest BCUT2D eigenvalue weighted by atomic mass is 16.5. The Labute approximate surface area is 105 Å². The minimum absolute atomic E-state index is 0.0860. The van der Waals surface area contributed by atoms with E-state index in [1.807, 2.05) is 0 Å². The van der Waals surface area contributed by atoms with Crippen LogP contribution in [0.3, 0.4) is 0 Å². The molecule has 2 aliphatic heterocycles. The van der Waals surface area contributed by atoms with E-state index in [0.29, 0.717) is 13.2 Å². The van der Waals surface area contributed by atoms with Crippen molar-refractivity contribution >= 4 is 11.9 Å². The molecule has 0 aromatic carbocycles. The summed E-state index contributed by atoms with van der Waals surface area (Å²) < 4.78 is 5.24. The molecule has 2 heterocycles. The van der Waals surface area contributed by atoms with Crippen LogP contribution >= 0.6 is 0 Å². The smallest absolute Gasteiger partial charge is 0.326 e. The minimum Gasteiger partial charge on any atom is -0.480 e. The first-order valence-electron chi connectivity index (χ1n) is 6.01. The number of likely N-dealkylation sites (tertiary alicyclic amines) is 1. The van der Waals surface area contributed by atoms with Gasteiger partial charge in [-0.15, -0.1) is 0 Å². The van der Waals surface area contributed by atoms with Gasteiger partial charge in [-0.1, -0.05) is 0 Å². The number of carboxylic acid groups (broad SMARTS) is 1. The fourth-order valence-corrected chi connectivity index (χ4v) is 2.59. The topological polar surface area (TPSA) is 99.1 Å². The number of aliphatic hydroxyl groups excluding tert-OH is 1. The highest BCUT2D eigenvalue weighted by Crippen LogP contribution is 2.24. The zero-order valence-electron chi connectivity index (χ0n) is 10.2. The third kappa shape index (κ3) is 2.33. The lowest BCUT2D eigenvalue weighted by Gasteiger charge is -2.26. The van der Waals surface area contributed by atoms with Gasteiger partial charge in [0.1, 0.15) is 6.04 Å². The van der Waals surface area contributed by atoms with Crippen molar-refractivity contribution in [3.05, 3.63) is 0 Å². The van der Waals surface area contributed by atoms with E-state index in [1.165, 1.54) is 4.90 Å². The number of amides is 1. The number of carboxylic acids is 1. The van der Waals surface area contributed by atoms with Crippen LogP contribution in [0.5, 0.6) is 0 Å². The number of likely N-dealkylation sites (N-methyl/N-ethyl adjacent to an activating group) is 1. The lowest BCUT2D eigenvalue weighted by molar-refractivity contribution is -0.150. The zero-order valence-corrected chi connectivity index (χ0v) is 10.2. The van der Waals surface area contributed by atoms with Gasteiger partial charge in [-0.05, 0) is 7.05 Å². The van der Waals surface area contributed by atoms with Crippen molar-refractivity contribution in [2.75, 3.05) is 26.8 Å². The number of carbonyl (C=O) groups excluding carboxylic acids is 1. The Morgan fingerprint density at radius 3 is 2.72 bits per heavy atom. The fourth-order valence-electron chi connectivity index (χ4n) is 2.59. The number of nitrogens with zero attached hydrogens (tertiary/aromatic N) is 1. The Hall–Kier alpha value is -1.18. The predicted molar refractivity (Wildman–Crippen MR) is 60.9 cm³/mol. The van der Waals surface area contributed by atoms with E-state index in [0.717, 1.165) is 0 Å². The first kappa shape index (κ1) is 13.3. The molecule has 18 heavy (non-hydrogen) atoms. The molecule has 7 heteroatoms. The molecule has 0 saturated carbocycles. The standard InChI is InChI=1S/C11H18N2O5/c1-12-8-5-18-4-7(8)10(15)13-3-6(14)2-9(13)11(16)17/h6-9,12,14H,2-5H2,1H3,(H,16,17)/t6-,7?,8?,9-/m1/s1. The van der Waals surface area contributed by atoms with Gasteiger partial charge in [0.05, 0.1) is 25.2 Å². The molecule has 0 aromatic rings. The summed E-state index contributed by atoms with van der Waals surface area (Å²) in [7, 11) is 1.74. The van der Waals surface area contributed by atoms with Gasteiger partial charge in [0.25, 0.3) is 0 Å². The van der Waals surface area contributed by atoms with E-state index < -0.39 is 18.1 Å². The highest BCUT2D eigenvalue weighted by molar-refractivity contribution is 5.86. The van der Waals surface area contributed by atoms with Gasteiger partial charge in [0, 0.05) is 19.0 Å². The molecule has 0 radical (unpaired) electrons. The number of nitrogens with one attached hydrogen (secondary N) is 1. The second kappa shape index (κ2) is 5.21. The number of ether oxygens (including phenoxy) is 1. The van der Waals surface area contributed by atoms with Crippen LogP contribution in [0, 0.1) is 5.92 Å². The Bertz CT molecular complexity index is 348. The molecule has 4 atom stereocenters. The highest BCUT2D eigenvalue weighted by Gasteiger charge is 2.44. The van der Waals surface area contributed by atoms with Crippen molar-refractivity contribution in [2.24, 2.45) is 5.92 Å². The Kier molecular flexibility index (Phi) is 3.84. The van der Waals surface area contributed by atoms with E-state index in [4.69, 9.17) is 9.84 Å². The molecule has 102 valence electrons. The lowest BCUT2D eigenvalue weighted by Crippen LogP contribution is -2.48. The monoisotopic (exact) mass is 258 g/mol. The summed E-state index contributed by atoms with van der Waals surface area (Å²) in [6.45, 7) is 0.826. The number of aliphatic hydroxyl groups is 1. The van der Waals surface area contributed by atoms with Crippen LogP contribution in [0.1, 0.15) is 6.42 Å². The molecule has 3 N–H and O–H groups in total. The molecular weight excluding hydrogens is 240 g/mol. The van der Waals surface area contributed by atoms with Gasteiger partial charge in [0.15, 0.2) is 0 Å². The largest absolute Gasteiger partial charge is 0.480 e. The number of carbonyl (C=O) groups is 2. The molecule has 0 aromatic heterocycles. The van der Waals surface area contributed by atoms with Crippen LogP contribution in [0.25, 0.3) is 0 Å². The van der Waals surface area contributed by atoms with Crippen LogP contribution in [0.2, 0.25) is 0 Å². The molecule has 7 nitrogen and oxygen atoms in total. The van der Waals surface area contributed by atoms with Gasteiger partial charge in [0.2, 0.25) is 5.91 Å². The average molecular weight is 258 g/mol. The molecule has 0 aliphatic carbocycles. The number of β-amino-alcohol motifs (C(OH)–C–C–N with tert-alkyl or cyclic N) is 1. The molecule has 0 bridgehead atoms. The van der Waals surface area contributed by atoms with Crippen molar-refractivity contribution in [1.82, 2.24) is 10.2 Å². The number of aliphatic carboxylic acids is 1. The van der Waals surface area contributed by atoms with E-state index in [9.17, 15) is 14.7 Å². The van der Waals surface area contributed by atoms with E-state index >= 15 is 0 Å². The van der Waals surface area contributed by atoms with Crippen molar-refractivity contribution in [1.29, 1.82) is 0 Å². The third-order valence-corrected chi connectivity index (χ3v) is 3.62. The summed E-state index contributed by atoms with van der Waals surface area (Å²) in [5.41, 5.74) is 0. The predicted octanol–water partition coefficient (Wildman–Crippen LogP) is -1.73. The van der Waals surface area contributed by atoms with Crippen LogP contribution in [-0.2, 0) is 14.3 Å². The van der Waals surface area contributed by atoms with Crippen molar-refractivity contribution in [3.8, 4) is 0 Å². The summed E-state index contributed by atoms with van der Waals surface area (Å²) in [5.74, 6) is -1.70. The van der Waals surface area contributed by atoms with Gasteiger partial charge in [-0.2, -0.15) is 0 Å². The summed E-state index contributed by atoms with van der Waals surface area (Å²) in [4.78, 5) is 24.6. The second-order valence-corrected chi connectivity index (χ2v) is 4.77. The molecule has 0 spiro atoms. The molecule has 2 saturated heterocycles. The van der Waals surface area contributed by atoms with Crippen molar-refractivity contribution < 1.29 is 24.5 Å². The maximum atomic E-state index is 12.3. The van der Waals surface area contributed by atoms with Crippen LogP contribution in [0.4, 0.5) is 0 Å². The number of rotatable bonds is 3. The van der Waals surface area contributed by atoms with E-state index in [1.54, 1.807) is 7.05 Å². The first-order chi connectivity index (χ1) is 8.54. The summed E-state index contributed by atoms with van der Waals surface area (Å²) in [6.07, 6.45) is -0.663. The molecule has 2 rings (SSSR count). The summed E-state index contributed by atoms with van der Waals surface area (Å²) in [5, 5.41) is 21.6. The average Bonchev–Trinajstić information content (AvgIpc) is 2.93. The maximum absolute atomic E-state index is 12.3. The third-order valence-electron chi connectivity index (χ3n) is 3.62. The molecule has 1 amide bonds. The number of hydrogen-bond acceptors (Lipinski definition) is 5. The van der Waals surface area contributed by atoms with Gasteiger partial charge in [-0.25, -0.2) is 4.79 Å². The van der Waals surface area contributed by atoms with Crippen LogP contribution in [-0.4, -0.2) is 72.0 Å². The number of hydrogen-bond donors (Lipinski definition) is 3. The van der Waals surface area contributed by atoms with Crippen LogP contribution in [0.15, 0.2) is 0 Å². The van der Waals surface area contributed by atoms with E-state index in [-0.39, 0.29) is 30.8 Å². The summed E-state index contributed by atoms with van der Waals surface area (Å²) >= 11 is 0. The van der Waals surface area contributed by atoms with Gasteiger partial charge < -0.3 is 25.2 Å².